The Balaban J connectivity index is 1.82. The molecule has 3 heterocycles. The molecule has 0 spiro atoms. The van der Waals surface area contributed by atoms with E-state index in [1.54, 1.807) is 0 Å². The number of nitrogens with zero attached hydrogens (tertiary/aromatic N) is 3. The van der Waals surface area contributed by atoms with Gasteiger partial charge in [0.05, 0.1) is 11.7 Å². The molecule has 3 rings (SSSR count). The molecule has 20 heavy (non-hydrogen) atoms. The summed E-state index contributed by atoms with van der Waals surface area (Å²) < 4.78 is 2.06. The summed E-state index contributed by atoms with van der Waals surface area (Å²) in [4.78, 5) is 18.1. The molecule has 1 unspecified atom stereocenters. The van der Waals surface area contributed by atoms with Crippen molar-refractivity contribution in [1.82, 2.24) is 14.3 Å². The number of hydrogen-bond acceptors (Lipinski definition) is 3. The Hall–Kier alpha value is -1.68. The first-order valence-corrected chi connectivity index (χ1v) is 7.44. The Bertz CT molecular complexity index is 605. The zero-order chi connectivity index (χ0) is 13.9. The lowest BCUT2D eigenvalue weighted by Gasteiger charge is -2.31. The lowest BCUT2D eigenvalue weighted by atomic mass is 9.94. The molecule has 1 fully saturated rings. The Kier molecular flexibility index (Phi) is 3.83. The summed E-state index contributed by atoms with van der Waals surface area (Å²) in [5, 5.41) is 0. The highest BCUT2D eigenvalue weighted by atomic mass is 16.1. The van der Waals surface area contributed by atoms with Crippen molar-refractivity contribution in [1.29, 1.82) is 0 Å². The van der Waals surface area contributed by atoms with Gasteiger partial charge in [0.2, 0.25) is 0 Å². The monoisotopic (exact) mass is 271 g/mol. The van der Waals surface area contributed by atoms with Crippen molar-refractivity contribution in [3.8, 4) is 0 Å². The molecule has 2 aromatic heterocycles. The summed E-state index contributed by atoms with van der Waals surface area (Å²) in [6, 6.07) is 3.76. The SMILES string of the molecule is CCN1CCCC(Cc2ncc3c(C=O)cccn23)C1. The highest BCUT2D eigenvalue weighted by Gasteiger charge is 2.20. The maximum Gasteiger partial charge on any atom is 0.152 e. The third-order valence-corrected chi connectivity index (χ3v) is 4.33. The third-order valence-electron chi connectivity index (χ3n) is 4.33. The van der Waals surface area contributed by atoms with Crippen LogP contribution in [0.5, 0.6) is 0 Å². The molecule has 1 aliphatic heterocycles. The van der Waals surface area contributed by atoms with Crippen molar-refractivity contribution in [3.63, 3.8) is 0 Å². The Morgan fingerprint density at radius 2 is 2.40 bits per heavy atom. The van der Waals surface area contributed by atoms with Crippen LogP contribution in [0.15, 0.2) is 24.5 Å². The fraction of sp³-hybridized carbons (Fsp3) is 0.500. The van der Waals surface area contributed by atoms with Gasteiger partial charge in [-0.1, -0.05) is 6.92 Å². The minimum absolute atomic E-state index is 0.675. The van der Waals surface area contributed by atoms with Crippen molar-refractivity contribution in [3.05, 3.63) is 35.9 Å². The van der Waals surface area contributed by atoms with Gasteiger partial charge in [0.25, 0.3) is 0 Å². The van der Waals surface area contributed by atoms with Crippen LogP contribution >= 0.6 is 0 Å². The summed E-state index contributed by atoms with van der Waals surface area (Å²) in [5.74, 6) is 1.75. The number of fused-ring (bicyclic) bond motifs is 1. The van der Waals surface area contributed by atoms with E-state index in [9.17, 15) is 4.79 Å². The molecule has 0 N–H and O–H groups in total. The van der Waals surface area contributed by atoms with E-state index in [2.05, 4.69) is 21.2 Å². The molecule has 0 radical (unpaired) electrons. The van der Waals surface area contributed by atoms with E-state index in [1.165, 1.54) is 25.9 Å². The molecule has 0 aliphatic carbocycles. The molecule has 1 saturated heterocycles. The average Bonchev–Trinajstić information content (AvgIpc) is 2.90. The molecule has 1 atom stereocenters. The van der Waals surface area contributed by atoms with Gasteiger partial charge in [-0.25, -0.2) is 4.98 Å². The van der Waals surface area contributed by atoms with Crippen molar-refractivity contribution in [2.45, 2.75) is 26.2 Å². The van der Waals surface area contributed by atoms with Crippen molar-refractivity contribution in [2.24, 2.45) is 5.92 Å². The van der Waals surface area contributed by atoms with Crippen LogP contribution < -0.4 is 0 Å². The average molecular weight is 271 g/mol. The minimum Gasteiger partial charge on any atom is -0.303 e. The second-order valence-electron chi connectivity index (χ2n) is 5.62. The van der Waals surface area contributed by atoms with Gasteiger partial charge in [-0.05, 0) is 44.0 Å². The Morgan fingerprint density at radius 3 is 3.20 bits per heavy atom. The normalized spacial score (nSPS) is 20.4. The van der Waals surface area contributed by atoms with Crippen LogP contribution in [0.3, 0.4) is 0 Å². The number of carbonyl (C=O) groups is 1. The van der Waals surface area contributed by atoms with Crippen LogP contribution in [0, 0.1) is 5.92 Å². The fourth-order valence-electron chi connectivity index (χ4n) is 3.21. The number of likely N-dealkylation sites (tertiary alicyclic amines) is 1. The minimum atomic E-state index is 0.675. The van der Waals surface area contributed by atoms with Crippen molar-refractivity contribution >= 4 is 11.8 Å². The number of aldehydes is 1. The standard InChI is InChI=1S/C16H21N3O/c1-2-18-7-3-5-13(11-18)9-16-17-10-15-14(12-20)6-4-8-19(15)16/h4,6,8,10,12-13H,2-3,5,7,9,11H2,1H3. The topological polar surface area (TPSA) is 37.6 Å². The molecule has 0 amide bonds. The Morgan fingerprint density at radius 1 is 1.50 bits per heavy atom. The first kappa shape index (κ1) is 13.3. The van der Waals surface area contributed by atoms with Gasteiger partial charge >= 0.3 is 0 Å². The van der Waals surface area contributed by atoms with E-state index in [1.807, 2.05) is 24.5 Å². The molecule has 0 saturated carbocycles. The third kappa shape index (κ3) is 2.48. The number of hydrogen-bond donors (Lipinski definition) is 0. The summed E-state index contributed by atoms with van der Waals surface area (Å²) >= 11 is 0. The summed E-state index contributed by atoms with van der Waals surface area (Å²) in [6.45, 7) is 5.75. The largest absolute Gasteiger partial charge is 0.303 e. The number of piperidine rings is 1. The maximum absolute atomic E-state index is 11.1. The number of rotatable bonds is 4. The number of imidazole rings is 1. The van der Waals surface area contributed by atoms with Crippen LogP contribution in [0.2, 0.25) is 0 Å². The second kappa shape index (κ2) is 5.75. The molecule has 4 heteroatoms. The van der Waals surface area contributed by atoms with Crippen LogP contribution in [-0.2, 0) is 6.42 Å². The van der Waals surface area contributed by atoms with E-state index in [4.69, 9.17) is 0 Å². The first-order valence-electron chi connectivity index (χ1n) is 7.44. The van der Waals surface area contributed by atoms with E-state index < -0.39 is 0 Å². The van der Waals surface area contributed by atoms with Crippen molar-refractivity contribution < 1.29 is 4.79 Å². The number of carbonyl (C=O) groups excluding carboxylic acids is 1. The lowest BCUT2D eigenvalue weighted by molar-refractivity contribution is 0.112. The van der Waals surface area contributed by atoms with E-state index in [0.717, 1.165) is 30.6 Å². The summed E-state index contributed by atoms with van der Waals surface area (Å²) in [6.07, 6.45) is 8.28. The molecular weight excluding hydrogens is 250 g/mol. The van der Waals surface area contributed by atoms with Gasteiger partial charge in [0.1, 0.15) is 5.82 Å². The first-order chi connectivity index (χ1) is 9.81. The highest BCUT2D eigenvalue weighted by molar-refractivity contribution is 5.85. The zero-order valence-corrected chi connectivity index (χ0v) is 12.0. The van der Waals surface area contributed by atoms with Crippen LogP contribution in [-0.4, -0.2) is 40.2 Å². The van der Waals surface area contributed by atoms with Crippen LogP contribution in [0.1, 0.15) is 35.9 Å². The highest BCUT2D eigenvalue weighted by Crippen LogP contribution is 2.21. The summed E-state index contributed by atoms with van der Waals surface area (Å²) in [7, 11) is 0. The molecule has 106 valence electrons. The van der Waals surface area contributed by atoms with Gasteiger partial charge in [-0.3, -0.25) is 4.79 Å². The predicted molar refractivity (Wildman–Crippen MR) is 79.1 cm³/mol. The van der Waals surface area contributed by atoms with Gasteiger partial charge in [0, 0.05) is 24.7 Å². The lowest BCUT2D eigenvalue weighted by Crippen LogP contribution is -2.36. The molecular formula is C16H21N3O. The predicted octanol–water partition coefficient (Wildman–Crippen LogP) is 2.42. The number of aromatic nitrogens is 2. The molecule has 2 aromatic rings. The number of pyridine rings is 1. The molecule has 4 nitrogen and oxygen atoms in total. The molecule has 0 aromatic carbocycles. The van der Waals surface area contributed by atoms with E-state index >= 15 is 0 Å². The van der Waals surface area contributed by atoms with Crippen LogP contribution in [0.25, 0.3) is 5.52 Å². The van der Waals surface area contributed by atoms with Gasteiger partial charge in [-0.2, -0.15) is 0 Å². The van der Waals surface area contributed by atoms with E-state index in [0.29, 0.717) is 11.5 Å². The van der Waals surface area contributed by atoms with Crippen LogP contribution in [0.4, 0.5) is 0 Å². The summed E-state index contributed by atoms with van der Waals surface area (Å²) in [5.41, 5.74) is 1.63. The maximum atomic E-state index is 11.1. The quantitative estimate of drug-likeness (QED) is 0.801. The second-order valence-corrected chi connectivity index (χ2v) is 5.62. The van der Waals surface area contributed by atoms with Crippen molar-refractivity contribution in [2.75, 3.05) is 19.6 Å². The molecule has 1 aliphatic rings. The zero-order valence-electron chi connectivity index (χ0n) is 12.0. The van der Waals surface area contributed by atoms with Gasteiger partial charge in [-0.15, -0.1) is 0 Å². The fourth-order valence-corrected chi connectivity index (χ4v) is 3.21. The smallest absolute Gasteiger partial charge is 0.152 e. The Labute approximate surface area is 119 Å². The van der Waals surface area contributed by atoms with Gasteiger partial charge < -0.3 is 9.30 Å². The van der Waals surface area contributed by atoms with Gasteiger partial charge in [0.15, 0.2) is 6.29 Å². The van der Waals surface area contributed by atoms with E-state index in [-0.39, 0.29) is 0 Å². The molecule has 0 bridgehead atoms.